The van der Waals surface area contributed by atoms with Gasteiger partial charge in [-0.1, -0.05) is 15.9 Å². The number of rotatable bonds is 1. The second kappa shape index (κ2) is 3.59. The predicted molar refractivity (Wildman–Crippen MR) is 50.1 cm³/mol. The fourth-order valence-corrected chi connectivity index (χ4v) is 1.33. The maximum absolute atomic E-state index is 8.72. The highest BCUT2D eigenvalue weighted by Gasteiger charge is 2.07. The summed E-state index contributed by atoms with van der Waals surface area (Å²) in [6.45, 7) is 1.91. The molecular formula is C9H8BrNO. The number of hydrogen-bond acceptors (Lipinski definition) is 2. The first-order valence-corrected chi connectivity index (χ1v) is 4.23. The molecule has 0 saturated heterocycles. The van der Waals surface area contributed by atoms with Crippen molar-refractivity contribution < 1.29 is 4.74 Å². The predicted octanol–water partition coefficient (Wildman–Crippen LogP) is 2.64. The Morgan fingerprint density at radius 3 is 2.67 bits per heavy atom. The standard InChI is InChI=1S/C9H8BrNO/c1-6-8(10)4-3-7(5-11)9(6)12-2/h3-4H,1-2H3. The molecule has 1 aromatic rings. The molecule has 0 radical (unpaired) electrons. The van der Waals surface area contributed by atoms with Gasteiger partial charge < -0.3 is 4.74 Å². The summed E-state index contributed by atoms with van der Waals surface area (Å²) in [5, 5.41) is 8.72. The van der Waals surface area contributed by atoms with E-state index in [1.54, 1.807) is 13.2 Å². The van der Waals surface area contributed by atoms with Crippen LogP contribution in [0.2, 0.25) is 0 Å². The Morgan fingerprint density at radius 2 is 2.17 bits per heavy atom. The molecule has 0 N–H and O–H groups in total. The zero-order chi connectivity index (χ0) is 9.14. The lowest BCUT2D eigenvalue weighted by atomic mass is 10.1. The summed E-state index contributed by atoms with van der Waals surface area (Å²) in [5.41, 5.74) is 1.52. The van der Waals surface area contributed by atoms with Crippen LogP contribution in [0.25, 0.3) is 0 Å². The Hall–Kier alpha value is -1.01. The molecule has 0 saturated carbocycles. The van der Waals surface area contributed by atoms with E-state index in [2.05, 4.69) is 22.0 Å². The largest absolute Gasteiger partial charge is 0.495 e. The Kier molecular flexibility index (Phi) is 2.72. The molecule has 0 bridgehead atoms. The number of methoxy groups -OCH3 is 1. The highest BCUT2D eigenvalue weighted by atomic mass is 79.9. The third-order valence-electron chi connectivity index (χ3n) is 1.66. The molecule has 2 nitrogen and oxygen atoms in total. The van der Waals surface area contributed by atoms with Gasteiger partial charge in [-0.05, 0) is 19.1 Å². The highest BCUT2D eigenvalue weighted by molar-refractivity contribution is 9.10. The molecule has 0 aromatic heterocycles. The van der Waals surface area contributed by atoms with Crippen molar-refractivity contribution in [2.75, 3.05) is 7.11 Å². The molecule has 0 atom stereocenters. The summed E-state index contributed by atoms with van der Waals surface area (Å²) in [4.78, 5) is 0. The fraction of sp³-hybridized carbons (Fsp3) is 0.222. The van der Waals surface area contributed by atoms with Crippen molar-refractivity contribution in [1.29, 1.82) is 5.26 Å². The molecule has 0 heterocycles. The van der Waals surface area contributed by atoms with E-state index < -0.39 is 0 Å². The SMILES string of the molecule is COc1c(C#N)ccc(Br)c1C. The Bertz CT molecular complexity index is 341. The van der Waals surface area contributed by atoms with E-state index in [-0.39, 0.29) is 0 Å². The third kappa shape index (κ3) is 1.44. The van der Waals surface area contributed by atoms with Crippen LogP contribution in [0.3, 0.4) is 0 Å². The van der Waals surface area contributed by atoms with E-state index in [0.717, 1.165) is 10.0 Å². The zero-order valence-corrected chi connectivity index (χ0v) is 8.47. The van der Waals surface area contributed by atoms with Gasteiger partial charge in [-0.3, -0.25) is 0 Å². The van der Waals surface area contributed by atoms with Crippen molar-refractivity contribution in [3.05, 3.63) is 27.7 Å². The molecule has 0 aliphatic carbocycles. The van der Waals surface area contributed by atoms with Gasteiger partial charge in [-0.2, -0.15) is 5.26 Å². The van der Waals surface area contributed by atoms with Gasteiger partial charge in [-0.15, -0.1) is 0 Å². The van der Waals surface area contributed by atoms with Gasteiger partial charge >= 0.3 is 0 Å². The lowest BCUT2D eigenvalue weighted by Gasteiger charge is -2.07. The lowest BCUT2D eigenvalue weighted by molar-refractivity contribution is 0.410. The number of benzene rings is 1. The van der Waals surface area contributed by atoms with Crippen LogP contribution >= 0.6 is 15.9 Å². The first-order chi connectivity index (χ1) is 5.70. The van der Waals surface area contributed by atoms with E-state index in [1.807, 2.05) is 13.0 Å². The van der Waals surface area contributed by atoms with Crippen molar-refractivity contribution in [3.8, 4) is 11.8 Å². The number of nitrogens with zero attached hydrogens (tertiary/aromatic N) is 1. The smallest absolute Gasteiger partial charge is 0.140 e. The van der Waals surface area contributed by atoms with E-state index in [4.69, 9.17) is 10.00 Å². The Morgan fingerprint density at radius 1 is 1.50 bits per heavy atom. The van der Waals surface area contributed by atoms with Crippen LogP contribution in [0.1, 0.15) is 11.1 Å². The fourth-order valence-electron chi connectivity index (χ4n) is 1.02. The second-order valence-corrected chi connectivity index (χ2v) is 3.22. The minimum atomic E-state index is 0.568. The minimum absolute atomic E-state index is 0.568. The molecule has 3 heteroatoms. The van der Waals surface area contributed by atoms with Crippen LogP contribution in [0.5, 0.6) is 5.75 Å². The molecule has 0 aliphatic rings. The van der Waals surface area contributed by atoms with Gasteiger partial charge in [-0.25, -0.2) is 0 Å². The van der Waals surface area contributed by atoms with Gasteiger partial charge in [0.15, 0.2) is 0 Å². The number of ether oxygens (including phenoxy) is 1. The summed E-state index contributed by atoms with van der Waals surface area (Å²) in [7, 11) is 1.57. The average molecular weight is 226 g/mol. The van der Waals surface area contributed by atoms with Crippen LogP contribution in [0, 0.1) is 18.3 Å². The molecule has 0 aliphatic heterocycles. The van der Waals surface area contributed by atoms with Crippen molar-refractivity contribution in [1.82, 2.24) is 0 Å². The van der Waals surface area contributed by atoms with Gasteiger partial charge in [0.2, 0.25) is 0 Å². The van der Waals surface area contributed by atoms with E-state index in [1.165, 1.54) is 0 Å². The first-order valence-electron chi connectivity index (χ1n) is 3.44. The molecule has 0 spiro atoms. The lowest BCUT2D eigenvalue weighted by Crippen LogP contribution is -1.91. The molecule has 0 unspecified atom stereocenters. The molecular weight excluding hydrogens is 218 g/mol. The van der Waals surface area contributed by atoms with Gasteiger partial charge in [0, 0.05) is 10.0 Å². The van der Waals surface area contributed by atoms with Crippen LogP contribution in [0.15, 0.2) is 16.6 Å². The number of halogens is 1. The molecule has 0 amide bonds. The van der Waals surface area contributed by atoms with Gasteiger partial charge in [0.25, 0.3) is 0 Å². The average Bonchev–Trinajstić information content (AvgIpc) is 2.09. The normalized spacial score (nSPS) is 9.17. The quantitative estimate of drug-likeness (QED) is 0.737. The Labute approximate surface area is 79.9 Å². The second-order valence-electron chi connectivity index (χ2n) is 2.36. The van der Waals surface area contributed by atoms with E-state index in [0.29, 0.717) is 11.3 Å². The molecule has 12 heavy (non-hydrogen) atoms. The zero-order valence-electron chi connectivity index (χ0n) is 6.89. The van der Waals surface area contributed by atoms with Crippen molar-refractivity contribution >= 4 is 15.9 Å². The molecule has 62 valence electrons. The number of hydrogen-bond donors (Lipinski definition) is 0. The van der Waals surface area contributed by atoms with E-state index in [9.17, 15) is 0 Å². The highest BCUT2D eigenvalue weighted by Crippen LogP contribution is 2.28. The van der Waals surface area contributed by atoms with Crippen LogP contribution < -0.4 is 4.74 Å². The van der Waals surface area contributed by atoms with Crippen molar-refractivity contribution in [2.45, 2.75) is 6.92 Å². The Balaban J connectivity index is 3.38. The minimum Gasteiger partial charge on any atom is -0.495 e. The number of nitriles is 1. The van der Waals surface area contributed by atoms with Crippen molar-refractivity contribution in [3.63, 3.8) is 0 Å². The summed E-state index contributed by atoms with van der Waals surface area (Å²) < 4.78 is 6.05. The molecule has 1 aromatic carbocycles. The first kappa shape index (κ1) is 9.08. The topological polar surface area (TPSA) is 33.0 Å². The maximum atomic E-state index is 8.72. The monoisotopic (exact) mass is 225 g/mol. The maximum Gasteiger partial charge on any atom is 0.140 e. The van der Waals surface area contributed by atoms with Crippen molar-refractivity contribution in [2.24, 2.45) is 0 Å². The summed E-state index contributed by atoms with van der Waals surface area (Å²) in [6, 6.07) is 5.64. The van der Waals surface area contributed by atoms with Crippen LogP contribution in [-0.2, 0) is 0 Å². The van der Waals surface area contributed by atoms with E-state index >= 15 is 0 Å². The third-order valence-corrected chi connectivity index (χ3v) is 2.52. The van der Waals surface area contributed by atoms with Crippen LogP contribution in [0.4, 0.5) is 0 Å². The van der Waals surface area contributed by atoms with Gasteiger partial charge in [0.05, 0.1) is 12.7 Å². The van der Waals surface area contributed by atoms with Gasteiger partial charge in [0.1, 0.15) is 11.8 Å². The summed E-state index contributed by atoms with van der Waals surface area (Å²) in [5.74, 6) is 0.645. The molecule has 0 fully saturated rings. The summed E-state index contributed by atoms with van der Waals surface area (Å²) >= 11 is 3.36. The summed E-state index contributed by atoms with van der Waals surface area (Å²) in [6.07, 6.45) is 0. The van der Waals surface area contributed by atoms with Crippen LogP contribution in [-0.4, -0.2) is 7.11 Å². The molecule has 1 rings (SSSR count).